The Morgan fingerprint density at radius 3 is 2.59 bits per heavy atom. The van der Waals surface area contributed by atoms with E-state index >= 15 is 0 Å². The van der Waals surface area contributed by atoms with Crippen molar-refractivity contribution in [3.05, 3.63) is 41.1 Å². The van der Waals surface area contributed by atoms with Gasteiger partial charge in [0.2, 0.25) is 0 Å². The summed E-state index contributed by atoms with van der Waals surface area (Å²) in [5, 5.41) is 0.979. The minimum atomic E-state index is -0.528. The minimum Gasteiger partial charge on any atom is -0.465 e. The van der Waals surface area contributed by atoms with Gasteiger partial charge in [0, 0.05) is 54.5 Å². The summed E-state index contributed by atoms with van der Waals surface area (Å²) in [5.41, 5.74) is 3.95. The van der Waals surface area contributed by atoms with Gasteiger partial charge >= 0.3 is 12.1 Å². The maximum Gasteiger partial charge on any atom is 0.410 e. The first-order valence-electron chi connectivity index (χ1n) is 9.36. The molecule has 0 bridgehead atoms. The number of halogens is 1. The maximum atomic E-state index is 12.5. The first kappa shape index (κ1) is 22.0. The number of hydrogen-bond donors (Lipinski definition) is 0. The first-order chi connectivity index (χ1) is 13.7. The summed E-state index contributed by atoms with van der Waals surface area (Å²) in [7, 11) is 2.91. The number of esters is 1. The third kappa shape index (κ3) is 4.58. The Bertz CT molecular complexity index is 991. The number of aryl methyl sites for hydroxylation is 1. The fraction of sp³-hybridized carbons (Fsp3) is 0.429. The number of methoxy groups -OCH3 is 1. The molecule has 1 aliphatic heterocycles. The molecule has 0 spiro atoms. The van der Waals surface area contributed by atoms with Crippen LogP contribution in [0.1, 0.15) is 48.8 Å². The van der Waals surface area contributed by atoms with E-state index in [0.29, 0.717) is 18.7 Å². The molecule has 0 saturated heterocycles. The molecule has 2 heterocycles. The lowest BCUT2D eigenvalue weighted by Crippen LogP contribution is -2.39. The van der Waals surface area contributed by atoms with E-state index in [1.54, 1.807) is 11.0 Å². The highest BCUT2D eigenvalue weighted by molar-refractivity contribution is 14.2. The quantitative estimate of drug-likeness (QED) is 0.383. The van der Waals surface area contributed by atoms with Gasteiger partial charge in [-0.25, -0.2) is 9.59 Å². The van der Waals surface area contributed by atoms with Crippen LogP contribution >= 0.6 is 30.3 Å². The van der Waals surface area contributed by atoms with Crippen LogP contribution in [0.15, 0.2) is 24.3 Å². The molecular weight excluding hydrogens is 503 g/mol. The van der Waals surface area contributed by atoms with Gasteiger partial charge in [0.25, 0.3) is 0 Å². The highest BCUT2D eigenvalue weighted by atomic mass is 127. The van der Waals surface area contributed by atoms with E-state index in [4.69, 9.17) is 9.47 Å². The number of fused-ring (bicyclic) bond motifs is 1. The van der Waals surface area contributed by atoms with Crippen LogP contribution in [0.25, 0.3) is 16.5 Å². The number of hydrogen-bond acceptors (Lipinski definition) is 5. The fourth-order valence-electron chi connectivity index (χ4n) is 3.48. The largest absolute Gasteiger partial charge is 0.465 e. The summed E-state index contributed by atoms with van der Waals surface area (Å²) >= 11 is 2.21. The molecule has 0 saturated carbocycles. The van der Waals surface area contributed by atoms with Crippen molar-refractivity contribution in [2.24, 2.45) is 0 Å². The van der Waals surface area contributed by atoms with Gasteiger partial charge in [-0.05, 0) is 57.4 Å². The van der Waals surface area contributed by atoms with Gasteiger partial charge < -0.3 is 14.4 Å². The van der Waals surface area contributed by atoms with E-state index < -0.39 is 5.60 Å². The van der Waals surface area contributed by atoms with Crippen molar-refractivity contribution in [1.29, 1.82) is 0 Å². The van der Waals surface area contributed by atoms with Gasteiger partial charge in [-0.15, -0.1) is 0 Å². The molecule has 1 aliphatic rings. The molecule has 29 heavy (non-hydrogen) atoms. The molecule has 6 nitrogen and oxygen atoms in total. The van der Waals surface area contributed by atoms with E-state index in [-0.39, 0.29) is 12.1 Å². The van der Waals surface area contributed by atoms with Gasteiger partial charge in [0.1, 0.15) is 5.60 Å². The summed E-state index contributed by atoms with van der Waals surface area (Å²) in [6, 6.07) is 5.83. The molecule has 8 heteroatoms. The zero-order chi connectivity index (χ0) is 21.3. The molecule has 0 unspecified atom stereocenters. The van der Waals surface area contributed by atoms with E-state index in [0.717, 1.165) is 34.2 Å². The summed E-state index contributed by atoms with van der Waals surface area (Å²) in [4.78, 5) is 26.6. The number of amides is 1. The Balaban J connectivity index is 2.03. The molecule has 0 aliphatic carbocycles. The first-order valence-corrected chi connectivity index (χ1v) is 12.7. The predicted octanol–water partition coefficient (Wildman–Crippen LogP) is 5.61. The Morgan fingerprint density at radius 1 is 1.24 bits per heavy atom. The van der Waals surface area contributed by atoms with Crippen molar-refractivity contribution in [3.8, 4) is 0 Å². The molecule has 1 amide bonds. The average Bonchev–Trinajstić information content (AvgIpc) is 3.01. The topological polar surface area (TPSA) is 60.8 Å². The second kappa shape index (κ2) is 8.59. The highest BCUT2D eigenvalue weighted by Crippen LogP contribution is 2.36. The standard InChI is InChI=1S/C21H25IN2O4S/c1-13-11-17-15(8-9-16(19(25)27-5)18(17)24(13)29-22)14-7-6-10-23(12-14)20(26)28-21(2,3)4/h7-9,11H,6,10,12H2,1-5H3. The Kier molecular flexibility index (Phi) is 6.52. The SMILES string of the molecule is COC(=O)c1ccc(C2=CCCN(C(=O)OC(C)(C)C)C2)c2cc(C)n(SI)c12. The number of benzene rings is 1. The number of nitrogens with zero attached hydrogens (tertiary/aromatic N) is 2. The third-order valence-corrected chi connectivity index (χ3v) is 6.51. The van der Waals surface area contributed by atoms with Crippen molar-refractivity contribution in [1.82, 2.24) is 8.87 Å². The zero-order valence-electron chi connectivity index (χ0n) is 17.2. The summed E-state index contributed by atoms with van der Waals surface area (Å²) in [6.45, 7) is 8.73. The second-order valence-corrected chi connectivity index (χ2v) is 9.67. The highest BCUT2D eigenvalue weighted by Gasteiger charge is 2.26. The van der Waals surface area contributed by atoms with E-state index in [1.807, 2.05) is 37.7 Å². The smallest absolute Gasteiger partial charge is 0.410 e. The van der Waals surface area contributed by atoms with E-state index in [2.05, 4.69) is 33.3 Å². The molecule has 2 aromatic rings. The molecular formula is C21H25IN2O4S. The third-order valence-electron chi connectivity index (χ3n) is 4.72. The van der Waals surface area contributed by atoms with Crippen LogP contribution in [0.4, 0.5) is 4.79 Å². The molecule has 0 fully saturated rings. The summed E-state index contributed by atoms with van der Waals surface area (Å²) in [6.07, 6.45) is 2.62. The summed E-state index contributed by atoms with van der Waals surface area (Å²) < 4.78 is 12.6. The minimum absolute atomic E-state index is 0.304. The summed E-state index contributed by atoms with van der Waals surface area (Å²) in [5.74, 6) is -0.362. The van der Waals surface area contributed by atoms with Crippen LogP contribution in [0.2, 0.25) is 0 Å². The van der Waals surface area contributed by atoms with Crippen molar-refractivity contribution in [3.63, 3.8) is 0 Å². The average molecular weight is 528 g/mol. The fourth-order valence-corrected chi connectivity index (χ4v) is 5.43. The normalized spacial score (nSPS) is 14.7. The number of aromatic nitrogens is 1. The molecule has 156 valence electrons. The van der Waals surface area contributed by atoms with Crippen LogP contribution in [0, 0.1) is 6.92 Å². The van der Waals surface area contributed by atoms with Gasteiger partial charge in [-0.3, -0.25) is 3.97 Å². The van der Waals surface area contributed by atoms with Crippen LogP contribution in [-0.4, -0.2) is 46.7 Å². The van der Waals surface area contributed by atoms with Gasteiger partial charge in [-0.2, -0.15) is 0 Å². The Labute approximate surface area is 187 Å². The second-order valence-electron chi connectivity index (χ2n) is 7.98. The van der Waals surface area contributed by atoms with Crippen LogP contribution in [-0.2, 0) is 9.47 Å². The number of carbonyl (C=O) groups is 2. The van der Waals surface area contributed by atoms with E-state index in [9.17, 15) is 9.59 Å². The van der Waals surface area contributed by atoms with E-state index in [1.165, 1.54) is 16.2 Å². The van der Waals surface area contributed by atoms with Crippen LogP contribution in [0.3, 0.4) is 0 Å². The zero-order valence-corrected chi connectivity index (χ0v) is 20.2. The van der Waals surface area contributed by atoms with Crippen molar-refractivity contribution < 1.29 is 19.1 Å². The predicted molar refractivity (Wildman–Crippen MR) is 125 cm³/mol. The van der Waals surface area contributed by atoms with Crippen molar-refractivity contribution in [2.45, 2.75) is 39.7 Å². The lowest BCUT2D eigenvalue weighted by molar-refractivity contribution is 0.0273. The Morgan fingerprint density at radius 2 is 1.97 bits per heavy atom. The van der Waals surface area contributed by atoms with Gasteiger partial charge in [0.15, 0.2) is 0 Å². The molecule has 3 rings (SSSR count). The molecule has 1 aromatic carbocycles. The number of ether oxygens (including phenoxy) is 2. The van der Waals surface area contributed by atoms with Gasteiger partial charge in [-0.1, -0.05) is 12.1 Å². The molecule has 0 atom stereocenters. The number of rotatable bonds is 3. The van der Waals surface area contributed by atoms with Crippen molar-refractivity contribution in [2.75, 3.05) is 20.2 Å². The van der Waals surface area contributed by atoms with Crippen LogP contribution in [0.5, 0.6) is 0 Å². The Hall–Kier alpha value is -1.68. The van der Waals surface area contributed by atoms with Crippen LogP contribution < -0.4 is 0 Å². The van der Waals surface area contributed by atoms with Crippen molar-refractivity contribution >= 4 is 58.9 Å². The van der Waals surface area contributed by atoms with Gasteiger partial charge in [0.05, 0.1) is 18.2 Å². The molecule has 1 aromatic heterocycles. The monoisotopic (exact) mass is 528 g/mol. The lowest BCUT2D eigenvalue weighted by Gasteiger charge is -2.30. The molecule has 0 N–H and O–H groups in total. The number of carbonyl (C=O) groups excluding carboxylic acids is 2. The maximum absolute atomic E-state index is 12.5. The molecule has 0 radical (unpaired) electrons. The lowest BCUT2D eigenvalue weighted by atomic mass is 9.96.